The molecule has 0 bridgehead atoms. The van der Waals surface area contributed by atoms with E-state index in [-0.39, 0.29) is 5.91 Å². The molecule has 1 fully saturated rings. The molecule has 156 valence electrons. The molecule has 1 aliphatic heterocycles. The number of aromatic nitrogens is 2. The Labute approximate surface area is 175 Å². The van der Waals surface area contributed by atoms with Gasteiger partial charge in [-0.25, -0.2) is 9.97 Å². The Hall–Kier alpha value is -2.94. The van der Waals surface area contributed by atoms with Gasteiger partial charge in [0.15, 0.2) is 5.13 Å². The predicted octanol–water partition coefficient (Wildman–Crippen LogP) is 5.00. The number of pyridine rings is 1. The number of hydrogen-bond acceptors (Lipinski definition) is 5. The third-order valence-corrected chi connectivity index (χ3v) is 6.10. The van der Waals surface area contributed by atoms with E-state index in [1.54, 1.807) is 4.90 Å². The van der Waals surface area contributed by atoms with Gasteiger partial charge in [0, 0.05) is 23.2 Å². The summed E-state index contributed by atoms with van der Waals surface area (Å²) in [6, 6.07) is 11.6. The van der Waals surface area contributed by atoms with Crippen LogP contribution in [0.25, 0.3) is 11.3 Å². The number of anilines is 2. The largest absolute Gasteiger partial charge is 0.417 e. The zero-order chi connectivity index (χ0) is 21.3. The molecule has 0 spiro atoms. The number of nitrogens with zero attached hydrogens (tertiary/aromatic N) is 3. The fraction of sp³-hybridized carbons (Fsp3) is 0.286. The maximum Gasteiger partial charge on any atom is 0.417 e. The first kappa shape index (κ1) is 20.3. The number of hydrogen-bond donors (Lipinski definition) is 1. The second-order valence-corrected chi connectivity index (χ2v) is 7.98. The fourth-order valence-corrected chi connectivity index (χ4v) is 4.24. The Bertz CT molecular complexity index is 1030. The number of nitrogens with one attached hydrogen (secondary N) is 1. The predicted molar refractivity (Wildman–Crippen MR) is 111 cm³/mol. The molecule has 1 atom stereocenters. The van der Waals surface area contributed by atoms with Gasteiger partial charge in [0.05, 0.1) is 11.3 Å². The molecule has 0 aliphatic carbocycles. The van der Waals surface area contributed by atoms with E-state index in [1.807, 2.05) is 37.3 Å². The van der Waals surface area contributed by atoms with Gasteiger partial charge in [-0.1, -0.05) is 37.3 Å². The molecule has 1 aliphatic rings. The summed E-state index contributed by atoms with van der Waals surface area (Å²) >= 11 is 1.43. The van der Waals surface area contributed by atoms with E-state index < -0.39 is 17.8 Å². The highest BCUT2D eigenvalue weighted by Gasteiger charge is 2.36. The molecule has 1 aromatic carbocycles. The second-order valence-electron chi connectivity index (χ2n) is 6.90. The van der Waals surface area contributed by atoms with Crippen molar-refractivity contribution in [1.82, 2.24) is 9.97 Å². The smallest absolute Gasteiger partial charge is 0.344 e. The van der Waals surface area contributed by atoms with Gasteiger partial charge < -0.3 is 10.2 Å². The summed E-state index contributed by atoms with van der Waals surface area (Å²) in [6.45, 7) is 2.60. The van der Waals surface area contributed by atoms with Crippen LogP contribution in [-0.4, -0.2) is 28.5 Å². The number of rotatable bonds is 5. The van der Waals surface area contributed by atoms with Crippen molar-refractivity contribution >= 4 is 28.2 Å². The summed E-state index contributed by atoms with van der Waals surface area (Å²) in [5.74, 6) is 0.117. The van der Waals surface area contributed by atoms with Crippen LogP contribution in [-0.2, 0) is 17.4 Å². The van der Waals surface area contributed by atoms with Crippen LogP contribution >= 0.6 is 11.3 Å². The van der Waals surface area contributed by atoms with Crippen LogP contribution in [0.3, 0.4) is 0 Å². The van der Waals surface area contributed by atoms with Crippen molar-refractivity contribution in [3.63, 3.8) is 0 Å². The van der Waals surface area contributed by atoms with Gasteiger partial charge in [0.1, 0.15) is 11.9 Å². The minimum atomic E-state index is -4.43. The highest BCUT2D eigenvalue weighted by molar-refractivity contribution is 7.16. The summed E-state index contributed by atoms with van der Waals surface area (Å²) in [5, 5.41) is 3.38. The lowest BCUT2D eigenvalue weighted by molar-refractivity contribution is -0.137. The molecule has 1 amide bonds. The number of benzene rings is 1. The molecular formula is C21H19F3N4OS. The average Bonchev–Trinajstić information content (AvgIpc) is 3.10. The molecule has 2 aromatic heterocycles. The fourth-order valence-electron chi connectivity index (χ4n) is 3.31. The molecule has 0 saturated carbocycles. The van der Waals surface area contributed by atoms with Gasteiger partial charge in [0.25, 0.3) is 0 Å². The Morgan fingerprint density at radius 2 is 2.00 bits per heavy atom. The molecule has 3 aromatic rings. The number of carbonyl (C=O) groups excluding carboxylic acids is 1. The molecule has 1 saturated heterocycles. The van der Waals surface area contributed by atoms with E-state index in [2.05, 4.69) is 15.3 Å². The van der Waals surface area contributed by atoms with E-state index in [0.29, 0.717) is 23.9 Å². The van der Waals surface area contributed by atoms with Crippen molar-refractivity contribution in [2.24, 2.45) is 0 Å². The molecule has 3 heterocycles. The summed E-state index contributed by atoms with van der Waals surface area (Å²) in [7, 11) is 0. The quantitative estimate of drug-likeness (QED) is 0.616. The zero-order valence-corrected chi connectivity index (χ0v) is 16.9. The number of thiazole rings is 1. The first-order valence-corrected chi connectivity index (χ1v) is 10.3. The second kappa shape index (κ2) is 8.06. The third kappa shape index (κ3) is 4.02. The van der Waals surface area contributed by atoms with E-state index in [1.165, 1.54) is 17.4 Å². The Kier molecular flexibility index (Phi) is 5.46. The van der Waals surface area contributed by atoms with Crippen molar-refractivity contribution < 1.29 is 18.0 Å². The standard InChI is InChI=1S/C21H19F3N4OS/c1-2-16-18(13-6-4-3-5-7-13)26-20(30-16)27-19(29)15-10-11-28(15)17-9-8-14(12-25-17)21(22,23)24/h3-9,12,15H,2,10-11H2,1H3,(H,26,27,29)/t15-/m0/s1. The van der Waals surface area contributed by atoms with Crippen LogP contribution in [0.2, 0.25) is 0 Å². The molecule has 1 N–H and O–H groups in total. The lowest BCUT2D eigenvalue weighted by Crippen LogP contribution is -2.54. The summed E-state index contributed by atoms with van der Waals surface area (Å²) in [6.07, 6.45) is -2.24. The van der Waals surface area contributed by atoms with Crippen molar-refractivity contribution in [2.75, 3.05) is 16.8 Å². The number of carbonyl (C=O) groups is 1. The van der Waals surface area contributed by atoms with Crippen molar-refractivity contribution in [2.45, 2.75) is 32.0 Å². The van der Waals surface area contributed by atoms with E-state index in [0.717, 1.165) is 34.8 Å². The molecule has 30 heavy (non-hydrogen) atoms. The molecule has 4 rings (SSSR count). The van der Waals surface area contributed by atoms with Gasteiger partial charge in [-0.3, -0.25) is 4.79 Å². The Balaban J connectivity index is 1.47. The number of halogens is 3. The van der Waals surface area contributed by atoms with Crippen molar-refractivity contribution in [1.29, 1.82) is 0 Å². The lowest BCUT2D eigenvalue weighted by Gasteiger charge is -2.40. The van der Waals surface area contributed by atoms with Crippen LogP contribution in [0, 0.1) is 0 Å². The van der Waals surface area contributed by atoms with Crippen LogP contribution in [0.15, 0.2) is 48.7 Å². The number of aryl methyl sites for hydroxylation is 1. The summed E-state index contributed by atoms with van der Waals surface area (Å²) < 4.78 is 38.2. The van der Waals surface area contributed by atoms with Gasteiger partial charge in [-0.2, -0.15) is 13.2 Å². The normalized spacial score (nSPS) is 16.3. The van der Waals surface area contributed by atoms with Crippen LogP contribution in [0.1, 0.15) is 23.8 Å². The highest BCUT2D eigenvalue weighted by Crippen LogP contribution is 2.34. The Morgan fingerprint density at radius 3 is 2.57 bits per heavy atom. The first-order chi connectivity index (χ1) is 14.4. The van der Waals surface area contributed by atoms with Gasteiger partial charge in [-0.15, -0.1) is 11.3 Å². The minimum absolute atomic E-state index is 0.237. The third-order valence-electron chi connectivity index (χ3n) is 4.99. The molecule has 5 nitrogen and oxygen atoms in total. The average molecular weight is 432 g/mol. The Morgan fingerprint density at radius 1 is 1.23 bits per heavy atom. The van der Waals surface area contributed by atoms with Gasteiger partial charge >= 0.3 is 6.18 Å². The van der Waals surface area contributed by atoms with Crippen LogP contribution < -0.4 is 10.2 Å². The number of alkyl halides is 3. The van der Waals surface area contributed by atoms with Crippen LogP contribution in [0.4, 0.5) is 24.1 Å². The molecule has 0 unspecified atom stereocenters. The van der Waals surface area contributed by atoms with Gasteiger partial charge in [-0.05, 0) is 25.0 Å². The maximum atomic E-state index is 12.8. The van der Waals surface area contributed by atoms with Gasteiger partial charge in [0.2, 0.25) is 5.91 Å². The van der Waals surface area contributed by atoms with E-state index in [9.17, 15) is 18.0 Å². The topological polar surface area (TPSA) is 58.1 Å². The van der Waals surface area contributed by atoms with E-state index >= 15 is 0 Å². The zero-order valence-electron chi connectivity index (χ0n) is 16.1. The summed E-state index contributed by atoms with van der Waals surface area (Å²) in [4.78, 5) is 24.0. The van der Waals surface area contributed by atoms with E-state index in [4.69, 9.17) is 0 Å². The summed E-state index contributed by atoms with van der Waals surface area (Å²) in [5.41, 5.74) is 1.04. The molecule has 9 heteroatoms. The first-order valence-electron chi connectivity index (χ1n) is 9.52. The molecule has 0 radical (unpaired) electrons. The monoisotopic (exact) mass is 432 g/mol. The van der Waals surface area contributed by atoms with Crippen molar-refractivity contribution in [3.8, 4) is 11.3 Å². The number of amides is 1. The minimum Gasteiger partial charge on any atom is -0.344 e. The van der Waals surface area contributed by atoms with Crippen molar-refractivity contribution in [3.05, 3.63) is 59.1 Å². The SMILES string of the molecule is CCc1sc(NC(=O)[C@@H]2CCN2c2ccc(C(F)(F)F)cn2)nc1-c1ccccc1. The molecular weight excluding hydrogens is 413 g/mol. The van der Waals surface area contributed by atoms with Crippen LogP contribution in [0.5, 0.6) is 0 Å². The lowest BCUT2D eigenvalue weighted by atomic mass is 10.0. The maximum absolute atomic E-state index is 12.8. The highest BCUT2D eigenvalue weighted by atomic mass is 32.1.